The maximum absolute atomic E-state index is 2.74. The molecule has 578 valence electrons. The van der Waals surface area contributed by atoms with Gasteiger partial charge < -0.3 is 28.1 Å². The van der Waals surface area contributed by atoms with Crippen molar-refractivity contribution in [2.75, 3.05) is 9.80 Å². The Labute approximate surface area is 706 Å². The highest BCUT2D eigenvalue weighted by molar-refractivity contribution is 7.00. The molecule has 0 aliphatic carbocycles. The van der Waals surface area contributed by atoms with Crippen LogP contribution in [0.1, 0.15) is 79.0 Å². The predicted octanol–water partition coefficient (Wildman–Crippen LogP) is 28.7. The van der Waals surface area contributed by atoms with Crippen molar-refractivity contribution in [3.63, 3.8) is 0 Å². The molecule has 0 fully saturated rings. The summed E-state index contributed by atoms with van der Waals surface area (Å²) in [5.41, 5.74) is 36.2. The Bertz CT molecular complexity index is 7530. The van der Waals surface area contributed by atoms with Gasteiger partial charge in [0.15, 0.2) is 0 Å². The Morgan fingerprint density at radius 3 is 0.909 bits per heavy atom. The van der Waals surface area contributed by atoms with Crippen molar-refractivity contribution in [1.82, 2.24) is 18.3 Å². The lowest BCUT2D eigenvalue weighted by Gasteiger charge is -2.45. The highest BCUT2D eigenvalue weighted by Gasteiger charge is 2.46. The van der Waals surface area contributed by atoms with Crippen molar-refractivity contribution >= 4 is 144 Å². The van der Waals surface area contributed by atoms with E-state index in [4.69, 9.17) is 0 Å². The molecule has 0 atom stereocenters. The minimum Gasteiger partial charge on any atom is -0.311 e. The van der Waals surface area contributed by atoms with Crippen molar-refractivity contribution in [1.29, 1.82) is 0 Å². The third-order valence-corrected chi connectivity index (χ3v) is 26.1. The van der Waals surface area contributed by atoms with Gasteiger partial charge in [0, 0.05) is 99.7 Å². The highest BCUT2D eigenvalue weighted by atomic mass is 15.2. The SMILES string of the molecule is CC(C)(C)c1cc(-c2ccccc2)c(N2c3cc(-n4c5ccccc5c5ccccc54)ccc3B3c4ccc(-n5c6ccc(C(C)(C)C)cc6c6cc(C(C)(C)C)ccc65)cc4N(c4cc(-c5ccccc5)cc(-c5ccccc5)c4)c4cc(-n5c6ccccc6c6cc(-n7c8ccccc8c8ccccc87)ccc65)cc2c43)c(-c2ccccc2)c1. The standard InChI is InChI=1S/C114H89BN6/c1-112(2,3)78-50-57-103-93(63-78)94-64-79(113(4,5)6)51-58-104(94)118(103)82-52-55-96-106(68-82)120(84-61-76(72-32-14-10-15-33-72)60-77(62-84)73-34-16-11-17-35-73)108-70-85(119-102-49-31-26-44-90(102)95-67-81(54-59-105(95)119)116-98-45-27-22-40-86(98)87-41-23-28-46-99(87)116)71-109-110(108)115(96)97-56-53-83(117-100-47-29-24-42-88(100)89-43-25-30-48-101(89)117)69-107(97)121(109)111-91(74-36-18-12-19-37-74)65-80(114(7,8)9)66-92(111)75-38-20-13-21-39-75/h10-71H,1-9H3. The van der Waals surface area contributed by atoms with Crippen LogP contribution in [0.25, 0.3) is 154 Å². The molecule has 4 aromatic heterocycles. The average molecular weight is 1550 g/mol. The number of aromatic nitrogens is 4. The van der Waals surface area contributed by atoms with Gasteiger partial charge >= 0.3 is 0 Å². The summed E-state index contributed by atoms with van der Waals surface area (Å²) in [6, 6.07) is 143. The summed E-state index contributed by atoms with van der Waals surface area (Å²) < 4.78 is 10.1. The van der Waals surface area contributed by atoms with E-state index in [0.29, 0.717) is 0 Å². The predicted molar refractivity (Wildman–Crippen MR) is 516 cm³/mol. The monoisotopic (exact) mass is 1550 g/mol. The fourth-order valence-corrected chi connectivity index (χ4v) is 20.2. The molecule has 6 heterocycles. The van der Waals surface area contributed by atoms with Crippen molar-refractivity contribution in [3.05, 3.63) is 393 Å². The quantitative estimate of drug-likeness (QED) is 0.128. The Morgan fingerprint density at radius 1 is 0.198 bits per heavy atom. The molecule has 2 aliphatic heterocycles. The van der Waals surface area contributed by atoms with Crippen LogP contribution < -0.4 is 26.2 Å². The van der Waals surface area contributed by atoms with Crippen LogP contribution in [-0.4, -0.2) is 25.0 Å². The number of hydrogen-bond acceptors (Lipinski definition) is 2. The van der Waals surface area contributed by atoms with Gasteiger partial charge in [0.2, 0.25) is 0 Å². The first-order valence-electron chi connectivity index (χ1n) is 42.7. The number of benzene rings is 17. The molecule has 6 nitrogen and oxygen atoms in total. The molecule has 0 saturated carbocycles. The van der Waals surface area contributed by atoms with Crippen LogP contribution in [0.4, 0.5) is 34.1 Å². The molecule has 7 heteroatoms. The largest absolute Gasteiger partial charge is 0.311 e. The van der Waals surface area contributed by atoms with Crippen molar-refractivity contribution < 1.29 is 0 Å². The molecule has 2 aliphatic rings. The molecule has 0 bridgehead atoms. The molecule has 121 heavy (non-hydrogen) atoms. The summed E-state index contributed by atoms with van der Waals surface area (Å²) >= 11 is 0. The van der Waals surface area contributed by atoms with Crippen LogP contribution in [0.3, 0.4) is 0 Å². The second-order valence-corrected chi connectivity index (χ2v) is 36.5. The number of hydrogen-bond donors (Lipinski definition) is 0. The van der Waals surface area contributed by atoms with E-state index in [9.17, 15) is 0 Å². The molecule has 0 amide bonds. The van der Waals surface area contributed by atoms with Crippen LogP contribution in [0.2, 0.25) is 0 Å². The Hall–Kier alpha value is -14.4. The highest BCUT2D eigenvalue weighted by Crippen LogP contribution is 2.55. The first kappa shape index (κ1) is 71.9. The zero-order valence-corrected chi connectivity index (χ0v) is 69.6. The zero-order chi connectivity index (χ0) is 81.5. The Kier molecular flexibility index (Phi) is 16.1. The van der Waals surface area contributed by atoms with Crippen molar-refractivity contribution in [2.24, 2.45) is 0 Å². The number of anilines is 6. The third-order valence-electron chi connectivity index (χ3n) is 26.1. The topological polar surface area (TPSA) is 26.2 Å². The Balaban J connectivity index is 0.897. The molecule has 21 aromatic rings. The second-order valence-electron chi connectivity index (χ2n) is 36.5. The molecule has 0 spiro atoms. The van der Waals surface area contributed by atoms with E-state index in [2.05, 4.69) is 466 Å². The van der Waals surface area contributed by atoms with E-state index < -0.39 is 0 Å². The minimum atomic E-state index is -0.313. The van der Waals surface area contributed by atoms with Crippen LogP contribution in [0, 0.1) is 0 Å². The fourth-order valence-electron chi connectivity index (χ4n) is 20.2. The average Bonchev–Trinajstić information content (AvgIpc) is 1.00. The van der Waals surface area contributed by atoms with Crippen molar-refractivity contribution in [2.45, 2.75) is 78.6 Å². The molecule has 0 radical (unpaired) electrons. The van der Waals surface area contributed by atoms with E-state index in [0.717, 1.165) is 129 Å². The van der Waals surface area contributed by atoms with Gasteiger partial charge in [-0.1, -0.05) is 299 Å². The van der Waals surface area contributed by atoms with Gasteiger partial charge in [0.05, 0.1) is 55.5 Å². The number of para-hydroxylation sites is 5. The van der Waals surface area contributed by atoms with E-state index in [1.807, 2.05) is 0 Å². The van der Waals surface area contributed by atoms with Crippen LogP contribution >= 0.6 is 0 Å². The number of nitrogens with zero attached hydrogens (tertiary/aromatic N) is 6. The molecule has 0 N–H and O–H groups in total. The van der Waals surface area contributed by atoms with Crippen LogP contribution in [0.15, 0.2) is 376 Å². The van der Waals surface area contributed by atoms with E-state index in [-0.39, 0.29) is 23.0 Å². The molecular weight excluding hydrogens is 1460 g/mol. The third kappa shape index (κ3) is 11.4. The van der Waals surface area contributed by atoms with Gasteiger partial charge in [0.25, 0.3) is 6.71 Å². The summed E-state index contributed by atoms with van der Waals surface area (Å²) in [4.78, 5) is 5.42. The molecule has 0 saturated heterocycles. The fraction of sp³-hybridized carbons (Fsp3) is 0.105. The maximum atomic E-state index is 2.74. The zero-order valence-electron chi connectivity index (χ0n) is 69.6. The van der Waals surface area contributed by atoms with E-state index in [1.165, 1.54) is 92.8 Å². The molecule has 23 rings (SSSR count). The summed E-state index contributed by atoms with van der Waals surface area (Å²) in [5.74, 6) is 0. The molecular formula is C114H89BN6. The van der Waals surface area contributed by atoms with Gasteiger partial charge in [-0.2, -0.15) is 0 Å². The Morgan fingerprint density at radius 2 is 0.504 bits per heavy atom. The van der Waals surface area contributed by atoms with Gasteiger partial charge in [0.1, 0.15) is 0 Å². The summed E-state index contributed by atoms with van der Waals surface area (Å²) in [5, 5.41) is 9.73. The van der Waals surface area contributed by atoms with E-state index >= 15 is 0 Å². The first-order valence-corrected chi connectivity index (χ1v) is 42.7. The van der Waals surface area contributed by atoms with Gasteiger partial charge in [-0.3, -0.25) is 0 Å². The normalized spacial score (nSPS) is 13.0. The van der Waals surface area contributed by atoms with Gasteiger partial charge in [-0.05, 0) is 222 Å². The number of rotatable bonds is 10. The van der Waals surface area contributed by atoms with Gasteiger partial charge in [-0.25, -0.2) is 0 Å². The molecule has 17 aromatic carbocycles. The van der Waals surface area contributed by atoms with Crippen LogP contribution in [-0.2, 0) is 16.2 Å². The number of fused-ring (bicyclic) bond motifs is 16. The smallest absolute Gasteiger partial charge is 0.252 e. The summed E-state index contributed by atoms with van der Waals surface area (Å²) in [6.07, 6.45) is 0. The molecule has 0 unspecified atom stereocenters. The van der Waals surface area contributed by atoms with E-state index in [1.54, 1.807) is 0 Å². The minimum absolute atomic E-state index is 0.0810. The lowest BCUT2D eigenvalue weighted by atomic mass is 9.33. The summed E-state index contributed by atoms with van der Waals surface area (Å²) in [7, 11) is 0. The van der Waals surface area contributed by atoms with Gasteiger partial charge in [-0.15, -0.1) is 0 Å². The van der Waals surface area contributed by atoms with Crippen molar-refractivity contribution in [3.8, 4) is 67.3 Å². The lowest BCUT2D eigenvalue weighted by molar-refractivity contribution is 0.590. The van der Waals surface area contributed by atoms with Crippen LogP contribution in [0.5, 0.6) is 0 Å². The summed E-state index contributed by atoms with van der Waals surface area (Å²) in [6.45, 7) is 20.8. The second kappa shape index (κ2) is 27.1. The lowest BCUT2D eigenvalue weighted by Crippen LogP contribution is -2.61. The first-order chi connectivity index (χ1) is 58.9. The maximum Gasteiger partial charge on any atom is 0.252 e.